The highest BCUT2D eigenvalue weighted by molar-refractivity contribution is 5.15. The predicted molar refractivity (Wildman–Crippen MR) is 170 cm³/mol. The first-order valence-electron chi connectivity index (χ1n) is 15.1. The smallest absolute Gasteiger partial charge is 0.105 e. The number of rotatable bonds is 22. The molecular weight excluding hydrogens is 556 g/mol. The van der Waals surface area contributed by atoms with Crippen molar-refractivity contribution in [3.8, 4) is 0 Å². The molecule has 0 heterocycles. The van der Waals surface area contributed by atoms with Gasteiger partial charge in [0.2, 0.25) is 0 Å². The van der Waals surface area contributed by atoms with E-state index < -0.39 is 6.10 Å². The van der Waals surface area contributed by atoms with E-state index in [2.05, 4.69) is 0 Å². The molecule has 0 aliphatic rings. The largest absolute Gasteiger partial charge is 0.394 e. The Bertz CT molecular complexity index is 1240. The van der Waals surface area contributed by atoms with E-state index in [1.54, 1.807) is 0 Å². The second kappa shape index (κ2) is 20.5. The van der Waals surface area contributed by atoms with Gasteiger partial charge in [0, 0.05) is 0 Å². The van der Waals surface area contributed by atoms with Crippen LogP contribution in [0.2, 0.25) is 0 Å². The van der Waals surface area contributed by atoms with Gasteiger partial charge in [-0.05, 0) is 22.3 Å². The van der Waals surface area contributed by atoms with Crippen LogP contribution in [0, 0.1) is 0 Å². The van der Waals surface area contributed by atoms with Crippen molar-refractivity contribution in [3.63, 3.8) is 0 Å². The molecule has 44 heavy (non-hydrogen) atoms. The average molecular weight is 601 g/mol. The third kappa shape index (κ3) is 13.5. The van der Waals surface area contributed by atoms with Crippen molar-refractivity contribution in [2.24, 2.45) is 0 Å². The number of aliphatic hydroxyl groups excluding tert-OH is 1. The lowest BCUT2D eigenvalue weighted by Gasteiger charge is -2.23. The molecule has 234 valence electrons. The Labute approximate surface area is 261 Å². The second-order valence-corrected chi connectivity index (χ2v) is 10.5. The summed E-state index contributed by atoms with van der Waals surface area (Å²) in [5.41, 5.74) is 4.30. The first-order chi connectivity index (χ1) is 21.8. The van der Waals surface area contributed by atoms with Crippen molar-refractivity contribution in [1.29, 1.82) is 0 Å². The molecule has 0 aliphatic carbocycles. The highest BCUT2D eigenvalue weighted by Gasteiger charge is 2.17. The van der Waals surface area contributed by atoms with E-state index in [0.29, 0.717) is 46.2 Å². The molecule has 0 fully saturated rings. The molecule has 4 rings (SSSR count). The third-order valence-corrected chi connectivity index (χ3v) is 6.82. The summed E-state index contributed by atoms with van der Waals surface area (Å²) in [5, 5.41) is 9.81. The summed E-state index contributed by atoms with van der Waals surface area (Å²) in [4.78, 5) is 0. The molecule has 3 atom stereocenters. The van der Waals surface area contributed by atoms with E-state index in [1.807, 2.05) is 121 Å². The molecule has 0 spiro atoms. The number of hydrogen-bond acceptors (Lipinski definition) is 7. The van der Waals surface area contributed by atoms with Crippen LogP contribution in [0.5, 0.6) is 0 Å². The first-order valence-corrected chi connectivity index (χ1v) is 15.1. The minimum Gasteiger partial charge on any atom is -0.394 e. The van der Waals surface area contributed by atoms with Crippen LogP contribution in [-0.4, -0.2) is 63.1 Å². The van der Waals surface area contributed by atoms with Crippen molar-refractivity contribution >= 4 is 0 Å². The summed E-state index contributed by atoms with van der Waals surface area (Å²) < 4.78 is 36.3. The van der Waals surface area contributed by atoms with Gasteiger partial charge in [-0.25, -0.2) is 0 Å². The third-order valence-electron chi connectivity index (χ3n) is 6.82. The van der Waals surface area contributed by atoms with Crippen LogP contribution < -0.4 is 0 Å². The highest BCUT2D eigenvalue weighted by atomic mass is 16.6. The van der Waals surface area contributed by atoms with Gasteiger partial charge < -0.3 is 33.5 Å². The summed E-state index contributed by atoms with van der Waals surface area (Å²) in [6.45, 7) is 3.24. The average Bonchev–Trinajstić information content (AvgIpc) is 3.09. The van der Waals surface area contributed by atoms with Gasteiger partial charge in [-0.3, -0.25) is 0 Å². The SMILES string of the molecule is OCC(COCC(COCC(COCc1ccccc1)OCc1ccccc1)OCc1ccccc1)OCc1ccccc1. The number of benzene rings is 4. The fourth-order valence-corrected chi connectivity index (χ4v) is 4.35. The van der Waals surface area contributed by atoms with Crippen molar-refractivity contribution in [2.45, 2.75) is 44.7 Å². The Balaban J connectivity index is 1.27. The van der Waals surface area contributed by atoms with Gasteiger partial charge >= 0.3 is 0 Å². The monoisotopic (exact) mass is 600 g/mol. The van der Waals surface area contributed by atoms with Gasteiger partial charge in [0.05, 0.1) is 66.1 Å². The van der Waals surface area contributed by atoms with Gasteiger partial charge in [0.1, 0.15) is 18.3 Å². The zero-order valence-corrected chi connectivity index (χ0v) is 25.2. The summed E-state index contributed by atoms with van der Waals surface area (Å²) in [6, 6.07) is 40.0. The highest BCUT2D eigenvalue weighted by Crippen LogP contribution is 2.10. The van der Waals surface area contributed by atoms with Gasteiger partial charge in [-0.15, -0.1) is 0 Å². The van der Waals surface area contributed by atoms with Crippen LogP contribution >= 0.6 is 0 Å². The second-order valence-electron chi connectivity index (χ2n) is 10.5. The standard InChI is InChI=1S/C37H44O7/c38-21-35(42-23-32-15-7-2-8-16-32)26-40-28-37(44-25-34-19-11-4-12-20-34)30-41-29-36(43-24-33-17-9-3-10-18-33)27-39-22-31-13-5-1-6-14-31/h1-20,35-38H,21-30H2. The number of ether oxygens (including phenoxy) is 6. The fourth-order valence-electron chi connectivity index (χ4n) is 4.35. The molecule has 0 aliphatic heterocycles. The lowest BCUT2D eigenvalue weighted by atomic mass is 10.2. The zero-order valence-electron chi connectivity index (χ0n) is 25.2. The lowest BCUT2D eigenvalue weighted by Crippen LogP contribution is -2.32. The fraction of sp³-hybridized carbons (Fsp3) is 0.351. The molecule has 0 amide bonds. The van der Waals surface area contributed by atoms with Crippen LogP contribution in [0.4, 0.5) is 0 Å². The molecule has 1 N–H and O–H groups in total. The van der Waals surface area contributed by atoms with E-state index in [4.69, 9.17) is 28.4 Å². The van der Waals surface area contributed by atoms with Gasteiger partial charge in [0.25, 0.3) is 0 Å². The minimum atomic E-state index is -0.441. The van der Waals surface area contributed by atoms with Gasteiger partial charge in [-0.2, -0.15) is 0 Å². The number of hydrogen-bond donors (Lipinski definition) is 1. The molecule has 0 saturated carbocycles. The first kappa shape index (κ1) is 33.5. The van der Waals surface area contributed by atoms with Crippen LogP contribution in [0.15, 0.2) is 121 Å². The van der Waals surface area contributed by atoms with Crippen molar-refractivity contribution in [3.05, 3.63) is 144 Å². The molecular formula is C37H44O7. The molecule has 0 bridgehead atoms. The Morgan fingerprint density at radius 1 is 0.364 bits per heavy atom. The summed E-state index contributed by atoms with van der Waals surface area (Å²) in [6.07, 6.45) is -1.04. The van der Waals surface area contributed by atoms with E-state index in [9.17, 15) is 5.11 Å². The maximum atomic E-state index is 9.81. The predicted octanol–water partition coefficient (Wildman–Crippen LogP) is 5.98. The molecule has 0 radical (unpaired) electrons. The van der Waals surface area contributed by atoms with Crippen LogP contribution in [0.1, 0.15) is 22.3 Å². The molecule has 4 aromatic carbocycles. The maximum absolute atomic E-state index is 9.81. The van der Waals surface area contributed by atoms with Crippen LogP contribution in [0.25, 0.3) is 0 Å². The molecule has 0 aromatic heterocycles. The quantitative estimate of drug-likeness (QED) is 0.119. The Morgan fingerprint density at radius 3 is 1.02 bits per heavy atom. The zero-order chi connectivity index (χ0) is 30.5. The maximum Gasteiger partial charge on any atom is 0.105 e. The van der Waals surface area contributed by atoms with Gasteiger partial charge in [0.15, 0.2) is 0 Å². The molecule has 7 heteroatoms. The summed E-state index contributed by atoms with van der Waals surface area (Å²) in [7, 11) is 0. The van der Waals surface area contributed by atoms with Gasteiger partial charge in [-0.1, -0.05) is 121 Å². The lowest BCUT2D eigenvalue weighted by molar-refractivity contribution is -0.113. The van der Waals surface area contributed by atoms with E-state index in [1.165, 1.54) is 0 Å². The van der Waals surface area contributed by atoms with E-state index >= 15 is 0 Å². The molecule has 3 unspecified atom stereocenters. The van der Waals surface area contributed by atoms with Crippen LogP contribution in [-0.2, 0) is 54.8 Å². The van der Waals surface area contributed by atoms with E-state index in [0.717, 1.165) is 22.3 Å². The Morgan fingerprint density at radius 2 is 0.659 bits per heavy atom. The molecule has 0 saturated heterocycles. The Kier molecular flexibility index (Phi) is 15.6. The normalized spacial score (nSPS) is 13.4. The van der Waals surface area contributed by atoms with Crippen molar-refractivity contribution < 1.29 is 33.5 Å². The number of aliphatic hydroxyl groups is 1. The minimum absolute atomic E-state index is 0.137. The van der Waals surface area contributed by atoms with Crippen molar-refractivity contribution in [1.82, 2.24) is 0 Å². The molecule has 4 aromatic rings. The Hall–Kier alpha value is -3.40. The topological polar surface area (TPSA) is 75.6 Å². The molecule has 7 nitrogen and oxygen atoms in total. The van der Waals surface area contributed by atoms with Crippen LogP contribution in [0.3, 0.4) is 0 Å². The summed E-state index contributed by atoms with van der Waals surface area (Å²) in [5.74, 6) is 0. The van der Waals surface area contributed by atoms with E-state index in [-0.39, 0.29) is 32.0 Å². The van der Waals surface area contributed by atoms with Crippen molar-refractivity contribution in [2.75, 3.05) is 39.6 Å². The summed E-state index contributed by atoms with van der Waals surface area (Å²) >= 11 is 0.